The van der Waals surface area contributed by atoms with Crippen molar-refractivity contribution < 1.29 is 13.2 Å². The van der Waals surface area contributed by atoms with Gasteiger partial charge in [0, 0.05) is 11.6 Å². The summed E-state index contributed by atoms with van der Waals surface area (Å²) in [6.07, 6.45) is -4.52. The first-order valence-corrected chi connectivity index (χ1v) is 7.98. The number of benzene rings is 1. The van der Waals surface area contributed by atoms with Crippen molar-refractivity contribution in [2.24, 2.45) is 0 Å². The van der Waals surface area contributed by atoms with E-state index in [-0.39, 0.29) is 11.3 Å². The molecule has 24 heavy (non-hydrogen) atoms. The van der Waals surface area contributed by atoms with E-state index in [0.29, 0.717) is 11.3 Å². The van der Waals surface area contributed by atoms with Crippen LogP contribution in [-0.4, -0.2) is 14.6 Å². The Labute approximate surface area is 139 Å². The third kappa shape index (κ3) is 2.56. The van der Waals surface area contributed by atoms with Gasteiger partial charge in [-0.15, -0.1) is 11.3 Å². The summed E-state index contributed by atoms with van der Waals surface area (Å²) >= 11 is 1.42. The SMILES string of the molecule is FC(F)(F)c1cc(-c2ccccc2)nc2cc(-c3cccs3)nn12. The first kappa shape index (κ1) is 14.9. The second-order valence-corrected chi connectivity index (χ2v) is 6.11. The molecule has 1 aromatic carbocycles. The summed E-state index contributed by atoms with van der Waals surface area (Å²) in [6, 6.07) is 15.1. The van der Waals surface area contributed by atoms with Crippen LogP contribution in [0, 0.1) is 0 Å². The molecule has 0 aliphatic rings. The maximum Gasteiger partial charge on any atom is 0.433 e. The number of hydrogen-bond donors (Lipinski definition) is 0. The van der Waals surface area contributed by atoms with Gasteiger partial charge in [-0.1, -0.05) is 36.4 Å². The molecule has 120 valence electrons. The highest BCUT2D eigenvalue weighted by Gasteiger charge is 2.35. The molecule has 4 rings (SSSR count). The summed E-state index contributed by atoms with van der Waals surface area (Å²) in [4.78, 5) is 5.16. The summed E-state index contributed by atoms with van der Waals surface area (Å²) in [6.45, 7) is 0. The Kier molecular flexibility index (Phi) is 3.38. The van der Waals surface area contributed by atoms with Crippen LogP contribution < -0.4 is 0 Å². The zero-order valence-corrected chi connectivity index (χ0v) is 13.0. The highest BCUT2D eigenvalue weighted by Crippen LogP contribution is 2.33. The number of halogens is 3. The second kappa shape index (κ2) is 5.45. The topological polar surface area (TPSA) is 30.2 Å². The smallest absolute Gasteiger partial charge is 0.228 e. The molecule has 0 saturated heterocycles. The van der Waals surface area contributed by atoms with E-state index in [9.17, 15) is 13.2 Å². The summed E-state index contributed by atoms with van der Waals surface area (Å²) in [5.74, 6) is 0. The van der Waals surface area contributed by atoms with Gasteiger partial charge in [0.05, 0.1) is 10.6 Å². The summed E-state index contributed by atoms with van der Waals surface area (Å²) in [5, 5.41) is 5.95. The van der Waals surface area contributed by atoms with Gasteiger partial charge in [0.2, 0.25) is 0 Å². The Hall–Kier alpha value is -2.67. The molecular formula is C17H10F3N3S. The van der Waals surface area contributed by atoms with E-state index in [0.717, 1.165) is 15.5 Å². The standard InChI is InChI=1S/C17H10F3N3S/c18-17(19,20)15-9-12(11-5-2-1-3-6-11)21-16-10-13(22-23(15)16)14-7-4-8-24-14/h1-10H. The van der Waals surface area contributed by atoms with Gasteiger partial charge in [-0.3, -0.25) is 0 Å². The van der Waals surface area contributed by atoms with Crippen LogP contribution in [0.1, 0.15) is 5.69 Å². The first-order valence-electron chi connectivity index (χ1n) is 7.10. The number of hydrogen-bond acceptors (Lipinski definition) is 3. The molecule has 0 spiro atoms. The van der Waals surface area contributed by atoms with E-state index < -0.39 is 11.9 Å². The lowest BCUT2D eigenvalue weighted by Crippen LogP contribution is -2.13. The van der Waals surface area contributed by atoms with Crippen LogP contribution in [0.25, 0.3) is 27.5 Å². The normalized spacial score (nSPS) is 12.0. The molecule has 0 aliphatic carbocycles. The molecule has 0 amide bonds. The molecule has 0 fully saturated rings. The predicted octanol–water partition coefficient (Wildman–Crippen LogP) is 5.14. The molecule has 0 unspecified atom stereocenters. The maximum atomic E-state index is 13.5. The molecule has 0 atom stereocenters. The molecule has 0 bridgehead atoms. The van der Waals surface area contributed by atoms with Gasteiger partial charge in [0.25, 0.3) is 0 Å². The van der Waals surface area contributed by atoms with Gasteiger partial charge in [0.1, 0.15) is 5.69 Å². The van der Waals surface area contributed by atoms with Gasteiger partial charge in [0.15, 0.2) is 11.3 Å². The number of aromatic nitrogens is 3. The van der Waals surface area contributed by atoms with E-state index in [2.05, 4.69) is 10.1 Å². The Balaban J connectivity index is 1.98. The number of nitrogens with zero attached hydrogens (tertiary/aromatic N) is 3. The van der Waals surface area contributed by atoms with Gasteiger partial charge >= 0.3 is 6.18 Å². The Morgan fingerprint density at radius 2 is 1.71 bits per heavy atom. The minimum atomic E-state index is -4.52. The Morgan fingerprint density at radius 3 is 2.38 bits per heavy atom. The molecule has 0 saturated carbocycles. The lowest BCUT2D eigenvalue weighted by atomic mass is 10.1. The van der Waals surface area contributed by atoms with Crippen LogP contribution in [0.2, 0.25) is 0 Å². The van der Waals surface area contributed by atoms with Crippen molar-refractivity contribution in [3.05, 3.63) is 65.7 Å². The lowest BCUT2D eigenvalue weighted by molar-refractivity contribution is -0.142. The summed E-state index contributed by atoms with van der Waals surface area (Å²) in [5.41, 5.74) is 0.715. The third-order valence-corrected chi connectivity index (χ3v) is 4.45. The summed E-state index contributed by atoms with van der Waals surface area (Å²) < 4.78 is 41.3. The molecule has 0 N–H and O–H groups in total. The van der Waals surface area contributed by atoms with Crippen molar-refractivity contribution in [3.8, 4) is 21.8 Å². The Bertz CT molecular complexity index is 989. The predicted molar refractivity (Wildman–Crippen MR) is 86.7 cm³/mol. The molecule has 3 aromatic heterocycles. The van der Waals surface area contributed by atoms with Gasteiger partial charge < -0.3 is 0 Å². The van der Waals surface area contributed by atoms with Crippen LogP contribution >= 0.6 is 11.3 Å². The van der Waals surface area contributed by atoms with Crippen molar-refractivity contribution in [1.82, 2.24) is 14.6 Å². The molecule has 0 aliphatic heterocycles. The van der Waals surface area contributed by atoms with Crippen LogP contribution in [0.4, 0.5) is 13.2 Å². The third-order valence-electron chi connectivity index (χ3n) is 3.56. The highest BCUT2D eigenvalue weighted by atomic mass is 32.1. The quantitative estimate of drug-likeness (QED) is 0.503. The number of thiophene rings is 1. The fraction of sp³-hybridized carbons (Fsp3) is 0.0588. The minimum absolute atomic E-state index is 0.173. The van der Waals surface area contributed by atoms with E-state index >= 15 is 0 Å². The van der Waals surface area contributed by atoms with Gasteiger partial charge in [-0.25, -0.2) is 9.50 Å². The zero-order chi connectivity index (χ0) is 16.7. The van der Waals surface area contributed by atoms with Gasteiger partial charge in [-0.2, -0.15) is 18.3 Å². The highest BCUT2D eigenvalue weighted by molar-refractivity contribution is 7.13. The molecule has 0 radical (unpaired) electrons. The summed E-state index contributed by atoms with van der Waals surface area (Å²) in [7, 11) is 0. The van der Waals surface area contributed by atoms with Crippen LogP contribution in [0.15, 0.2) is 60.0 Å². The Morgan fingerprint density at radius 1 is 0.917 bits per heavy atom. The molecule has 3 heterocycles. The number of alkyl halides is 3. The molecule has 4 aromatic rings. The average molecular weight is 345 g/mol. The van der Waals surface area contributed by atoms with Gasteiger partial charge in [-0.05, 0) is 17.5 Å². The van der Waals surface area contributed by atoms with Crippen LogP contribution in [0.3, 0.4) is 0 Å². The van der Waals surface area contributed by atoms with Crippen molar-refractivity contribution in [3.63, 3.8) is 0 Å². The monoisotopic (exact) mass is 345 g/mol. The van der Waals surface area contributed by atoms with E-state index in [1.807, 2.05) is 17.5 Å². The molecule has 3 nitrogen and oxygen atoms in total. The lowest BCUT2D eigenvalue weighted by Gasteiger charge is -2.10. The number of rotatable bonds is 2. The van der Waals surface area contributed by atoms with Crippen LogP contribution in [0.5, 0.6) is 0 Å². The molecule has 7 heteroatoms. The molecular weight excluding hydrogens is 335 g/mol. The van der Waals surface area contributed by atoms with Crippen LogP contribution in [-0.2, 0) is 6.18 Å². The van der Waals surface area contributed by atoms with Crippen molar-refractivity contribution >= 4 is 17.0 Å². The largest absolute Gasteiger partial charge is 0.433 e. The average Bonchev–Trinajstić information content (AvgIpc) is 3.22. The van der Waals surface area contributed by atoms with E-state index in [1.165, 1.54) is 11.3 Å². The second-order valence-electron chi connectivity index (χ2n) is 5.17. The maximum absolute atomic E-state index is 13.5. The van der Waals surface area contributed by atoms with E-state index in [4.69, 9.17) is 0 Å². The van der Waals surface area contributed by atoms with Crippen molar-refractivity contribution in [2.75, 3.05) is 0 Å². The van der Waals surface area contributed by atoms with Crippen molar-refractivity contribution in [1.29, 1.82) is 0 Å². The fourth-order valence-electron chi connectivity index (χ4n) is 2.48. The number of fused-ring (bicyclic) bond motifs is 1. The zero-order valence-electron chi connectivity index (χ0n) is 12.2. The van der Waals surface area contributed by atoms with Crippen molar-refractivity contribution in [2.45, 2.75) is 6.18 Å². The first-order chi connectivity index (χ1) is 11.5. The van der Waals surface area contributed by atoms with E-state index in [1.54, 1.807) is 36.4 Å². The minimum Gasteiger partial charge on any atom is -0.228 e. The fourth-order valence-corrected chi connectivity index (χ4v) is 3.16.